The van der Waals surface area contributed by atoms with Crippen molar-refractivity contribution in [1.82, 2.24) is 10.3 Å². The summed E-state index contributed by atoms with van der Waals surface area (Å²) in [6, 6.07) is 8.11. The van der Waals surface area contributed by atoms with Crippen LogP contribution in [-0.4, -0.2) is 30.1 Å². The Hall–Kier alpha value is -1.92. The standard InChI is InChI=1S/C19H25N3O2S/c1-2-24-16-8-6-13(7-9-16)19-21-15(12-25-19)10-18(23)22-17-5-3-4-14(17)11-20/h6-9,12,14,17H,2-5,10-11,20H2,1H3,(H,22,23). The fourth-order valence-corrected chi connectivity index (χ4v) is 4.14. The molecule has 0 aliphatic heterocycles. The highest BCUT2D eigenvalue weighted by Gasteiger charge is 2.27. The first-order valence-electron chi connectivity index (χ1n) is 8.86. The average Bonchev–Trinajstić information content (AvgIpc) is 3.25. The van der Waals surface area contributed by atoms with E-state index in [9.17, 15) is 4.79 Å². The molecule has 1 aliphatic rings. The third-order valence-electron chi connectivity index (χ3n) is 4.61. The summed E-state index contributed by atoms with van der Waals surface area (Å²) in [5.41, 5.74) is 7.63. The number of carbonyl (C=O) groups excluding carboxylic acids is 1. The maximum Gasteiger partial charge on any atom is 0.226 e. The van der Waals surface area contributed by atoms with E-state index in [0.29, 0.717) is 25.5 Å². The van der Waals surface area contributed by atoms with Crippen LogP contribution < -0.4 is 15.8 Å². The van der Waals surface area contributed by atoms with Gasteiger partial charge in [0.1, 0.15) is 10.8 Å². The number of thiazole rings is 1. The van der Waals surface area contributed by atoms with Crippen LogP contribution in [0.3, 0.4) is 0 Å². The number of carbonyl (C=O) groups is 1. The summed E-state index contributed by atoms with van der Waals surface area (Å²) >= 11 is 1.56. The molecule has 1 aromatic heterocycles. The normalized spacial score (nSPS) is 19.8. The van der Waals surface area contributed by atoms with Crippen LogP contribution in [-0.2, 0) is 11.2 Å². The Morgan fingerprint density at radius 3 is 2.88 bits per heavy atom. The van der Waals surface area contributed by atoms with Crippen LogP contribution in [0.15, 0.2) is 29.6 Å². The van der Waals surface area contributed by atoms with E-state index >= 15 is 0 Å². The summed E-state index contributed by atoms with van der Waals surface area (Å²) in [7, 11) is 0. The van der Waals surface area contributed by atoms with Crippen LogP contribution >= 0.6 is 11.3 Å². The molecule has 1 aromatic carbocycles. The van der Waals surface area contributed by atoms with Crippen molar-refractivity contribution in [3.63, 3.8) is 0 Å². The van der Waals surface area contributed by atoms with E-state index in [1.54, 1.807) is 11.3 Å². The van der Waals surface area contributed by atoms with E-state index in [1.165, 1.54) is 0 Å². The number of amides is 1. The van der Waals surface area contributed by atoms with Gasteiger partial charge in [-0.05, 0) is 56.5 Å². The van der Waals surface area contributed by atoms with Gasteiger partial charge < -0.3 is 15.8 Å². The Bertz CT molecular complexity index is 699. The number of aromatic nitrogens is 1. The average molecular weight is 359 g/mol. The van der Waals surface area contributed by atoms with Crippen molar-refractivity contribution in [2.75, 3.05) is 13.2 Å². The highest BCUT2D eigenvalue weighted by atomic mass is 32.1. The topological polar surface area (TPSA) is 77.2 Å². The summed E-state index contributed by atoms with van der Waals surface area (Å²) < 4.78 is 5.46. The molecule has 1 amide bonds. The number of hydrogen-bond acceptors (Lipinski definition) is 5. The third-order valence-corrected chi connectivity index (χ3v) is 5.55. The van der Waals surface area contributed by atoms with E-state index in [0.717, 1.165) is 41.3 Å². The summed E-state index contributed by atoms with van der Waals surface area (Å²) in [5.74, 6) is 1.31. The first-order valence-corrected chi connectivity index (χ1v) is 9.74. The predicted octanol–water partition coefficient (Wildman–Crippen LogP) is 2.99. The lowest BCUT2D eigenvalue weighted by Crippen LogP contribution is -2.40. The molecule has 0 spiro atoms. The molecule has 3 rings (SSSR count). The second-order valence-corrected chi connectivity index (χ2v) is 7.24. The van der Waals surface area contributed by atoms with Gasteiger partial charge in [-0.15, -0.1) is 11.3 Å². The smallest absolute Gasteiger partial charge is 0.226 e. The van der Waals surface area contributed by atoms with Crippen molar-refractivity contribution >= 4 is 17.2 Å². The number of hydrogen-bond donors (Lipinski definition) is 2. The monoisotopic (exact) mass is 359 g/mol. The molecule has 2 aromatic rings. The molecule has 0 radical (unpaired) electrons. The third kappa shape index (κ3) is 4.58. The Kier molecular flexibility index (Phi) is 6.04. The molecule has 0 bridgehead atoms. The fourth-order valence-electron chi connectivity index (χ4n) is 3.31. The van der Waals surface area contributed by atoms with Gasteiger partial charge in [0, 0.05) is 17.0 Å². The molecule has 1 aliphatic carbocycles. The van der Waals surface area contributed by atoms with E-state index in [1.807, 2.05) is 36.6 Å². The van der Waals surface area contributed by atoms with Gasteiger partial charge in [0.2, 0.25) is 5.91 Å². The zero-order valence-electron chi connectivity index (χ0n) is 14.5. The number of rotatable bonds is 7. The highest BCUT2D eigenvalue weighted by Crippen LogP contribution is 2.27. The zero-order valence-corrected chi connectivity index (χ0v) is 15.3. The second kappa shape index (κ2) is 8.45. The number of nitrogens with two attached hydrogens (primary N) is 1. The van der Waals surface area contributed by atoms with Crippen molar-refractivity contribution in [1.29, 1.82) is 0 Å². The maximum atomic E-state index is 12.3. The molecule has 1 fully saturated rings. The molecule has 1 heterocycles. The van der Waals surface area contributed by atoms with Gasteiger partial charge in [0.15, 0.2) is 0 Å². The van der Waals surface area contributed by atoms with Crippen LogP contribution in [0.2, 0.25) is 0 Å². The second-order valence-electron chi connectivity index (χ2n) is 6.38. The minimum absolute atomic E-state index is 0.0360. The minimum Gasteiger partial charge on any atom is -0.494 e. The van der Waals surface area contributed by atoms with Gasteiger partial charge in [-0.1, -0.05) is 6.42 Å². The van der Waals surface area contributed by atoms with Crippen LogP contribution in [0.5, 0.6) is 5.75 Å². The predicted molar refractivity (Wildman–Crippen MR) is 101 cm³/mol. The SMILES string of the molecule is CCOc1ccc(-c2nc(CC(=O)NC3CCCC3CN)cs2)cc1. The Labute approximate surface area is 152 Å². The zero-order chi connectivity index (χ0) is 17.6. The van der Waals surface area contributed by atoms with Gasteiger partial charge in [-0.25, -0.2) is 4.98 Å². The molecule has 1 saturated carbocycles. The van der Waals surface area contributed by atoms with Crippen LogP contribution in [0.25, 0.3) is 10.6 Å². The van der Waals surface area contributed by atoms with Crippen molar-refractivity contribution in [3.05, 3.63) is 35.3 Å². The van der Waals surface area contributed by atoms with Gasteiger partial charge in [0.05, 0.1) is 18.7 Å². The highest BCUT2D eigenvalue weighted by molar-refractivity contribution is 7.13. The summed E-state index contributed by atoms with van der Waals surface area (Å²) in [5, 5.41) is 6.01. The molecule has 25 heavy (non-hydrogen) atoms. The lowest BCUT2D eigenvalue weighted by atomic mass is 10.0. The fraction of sp³-hybridized carbons (Fsp3) is 0.474. The van der Waals surface area contributed by atoms with Gasteiger partial charge in [0.25, 0.3) is 0 Å². The first-order chi connectivity index (χ1) is 12.2. The van der Waals surface area contributed by atoms with E-state index in [4.69, 9.17) is 10.5 Å². The van der Waals surface area contributed by atoms with E-state index in [-0.39, 0.29) is 11.9 Å². The molecular weight excluding hydrogens is 334 g/mol. The van der Waals surface area contributed by atoms with Crippen LogP contribution in [0.4, 0.5) is 0 Å². The Balaban J connectivity index is 1.58. The van der Waals surface area contributed by atoms with Crippen molar-refractivity contribution in [3.8, 4) is 16.3 Å². The molecular formula is C19H25N3O2S. The van der Waals surface area contributed by atoms with Crippen molar-refractivity contribution < 1.29 is 9.53 Å². The van der Waals surface area contributed by atoms with E-state index < -0.39 is 0 Å². The van der Waals surface area contributed by atoms with Gasteiger partial charge in [-0.2, -0.15) is 0 Å². The van der Waals surface area contributed by atoms with Gasteiger partial charge >= 0.3 is 0 Å². The van der Waals surface area contributed by atoms with E-state index in [2.05, 4.69) is 10.3 Å². The molecule has 2 atom stereocenters. The number of nitrogens with one attached hydrogen (secondary N) is 1. The molecule has 3 N–H and O–H groups in total. The lowest BCUT2D eigenvalue weighted by Gasteiger charge is -2.19. The number of benzene rings is 1. The molecule has 0 saturated heterocycles. The molecule has 6 heteroatoms. The summed E-state index contributed by atoms with van der Waals surface area (Å²) in [4.78, 5) is 16.9. The molecule has 5 nitrogen and oxygen atoms in total. The van der Waals surface area contributed by atoms with Crippen molar-refractivity contribution in [2.24, 2.45) is 11.7 Å². The summed E-state index contributed by atoms with van der Waals surface area (Å²) in [6.45, 7) is 3.26. The van der Waals surface area contributed by atoms with Crippen molar-refractivity contribution in [2.45, 2.75) is 38.6 Å². The summed E-state index contributed by atoms with van der Waals surface area (Å²) in [6.07, 6.45) is 3.61. The van der Waals surface area contributed by atoms with Gasteiger partial charge in [-0.3, -0.25) is 4.79 Å². The largest absolute Gasteiger partial charge is 0.494 e. The number of nitrogens with zero attached hydrogens (tertiary/aromatic N) is 1. The van der Waals surface area contributed by atoms with Crippen LogP contribution in [0, 0.1) is 5.92 Å². The Morgan fingerprint density at radius 1 is 1.36 bits per heavy atom. The first kappa shape index (κ1) is 17.9. The molecule has 2 unspecified atom stereocenters. The van der Waals surface area contributed by atoms with Crippen LogP contribution in [0.1, 0.15) is 31.9 Å². The molecule has 134 valence electrons. The number of ether oxygens (including phenoxy) is 1. The lowest BCUT2D eigenvalue weighted by molar-refractivity contribution is -0.121. The minimum atomic E-state index is 0.0360. The Morgan fingerprint density at radius 2 is 2.16 bits per heavy atom. The maximum absolute atomic E-state index is 12.3. The quantitative estimate of drug-likeness (QED) is 0.797.